The molecule has 0 fully saturated rings. The van der Waals surface area contributed by atoms with Crippen molar-refractivity contribution >= 4 is 21.6 Å². The van der Waals surface area contributed by atoms with Gasteiger partial charge in [0.25, 0.3) is 0 Å². The second kappa shape index (κ2) is 7.12. The van der Waals surface area contributed by atoms with Crippen LogP contribution in [-0.4, -0.2) is 34.2 Å². The summed E-state index contributed by atoms with van der Waals surface area (Å²) in [4.78, 5) is 13.4. The zero-order valence-corrected chi connectivity index (χ0v) is 14.5. The van der Waals surface area contributed by atoms with Crippen LogP contribution >= 0.6 is 0 Å². The number of carbonyl (C=O) groups is 1. The molecule has 0 aromatic heterocycles. The summed E-state index contributed by atoms with van der Waals surface area (Å²) in [5.74, 6) is 0.761. The van der Waals surface area contributed by atoms with Gasteiger partial charge in [-0.05, 0) is 24.3 Å². The van der Waals surface area contributed by atoms with Gasteiger partial charge in [-0.15, -0.1) is 0 Å². The first-order valence-corrected chi connectivity index (χ1v) is 9.18. The van der Waals surface area contributed by atoms with E-state index in [1.54, 1.807) is 18.2 Å². The molecule has 0 saturated carbocycles. The standard InChI is InChI=1S/C17H18N2O5S/c1-13(20)19(14-5-3-2-4-6-14)10-9-18-25(21,22)15-7-8-16-17(11-15)24-12-23-16/h2-8,11,18H,9-10,12H2,1H3. The predicted octanol–water partition coefficient (Wildman–Crippen LogP) is 1.75. The van der Waals surface area contributed by atoms with Crippen LogP contribution in [0.3, 0.4) is 0 Å². The van der Waals surface area contributed by atoms with Crippen molar-refractivity contribution in [2.75, 3.05) is 24.8 Å². The van der Waals surface area contributed by atoms with Crippen molar-refractivity contribution in [2.24, 2.45) is 0 Å². The van der Waals surface area contributed by atoms with E-state index in [0.29, 0.717) is 11.5 Å². The maximum Gasteiger partial charge on any atom is 0.240 e. The van der Waals surface area contributed by atoms with Crippen molar-refractivity contribution in [1.82, 2.24) is 4.72 Å². The van der Waals surface area contributed by atoms with Crippen molar-refractivity contribution < 1.29 is 22.7 Å². The van der Waals surface area contributed by atoms with Crippen molar-refractivity contribution in [3.63, 3.8) is 0 Å². The predicted molar refractivity (Wildman–Crippen MR) is 92.2 cm³/mol. The molecule has 0 aliphatic carbocycles. The minimum atomic E-state index is -3.71. The molecule has 132 valence electrons. The number of fused-ring (bicyclic) bond motifs is 1. The third-order valence-corrected chi connectivity index (χ3v) is 5.19. The lowest BCUT2D eigenvalue weighted by atomic mass is 10.3. The quantitative estimate of drug-likeness (QED) is 0.846. The van der Waals surface area contributed by atoms with Crippen molar-refractivity contribution in [1.29, 1.82) is 0 Å². The summed E-state index contributed by atoms with van der Waals surface area (Å²) < 4.78 is 37.7. The Morgan fingerprint density at radius 3 is 2.56 bits per heavy atom. The largest absolute Gasteiger partial charge is 0.454 e. The molecule has 1 amide bonds. The highest BCUT2D eigenvalue weighted by Gasteiger charge is 2.20. The highest BCUT2D eigenvalue weighted by molar-refractivity contribution is 7.89. The number of benzene rings is 2. The Labute approximate surface area is 146 Å². The summed E-state index contributed by atoms with van der Waals surface area (Å²) in [6.07, 6.45) is 0. The number of hydrogen-bond donors (Lipinski definition) is 1. The van der Waals surface area contributed by atoms with Gasteiger partial charge in [-0.25, -0.2) is 13.1 Å². The Morgan fingerprint density at radius 2 is 1.84 bits per heavy atom. The van der Waals surface area contributed by atoms with Gasteiger partial charge in [-0.3, -0.25) is 4.79 Å². The zero-order chi connectivity index (χ0) is 17.9. The Hall–Kier alpha value is -2.58. The number of carbonyl (C=O) groups excluding carboxylic acids is 1. The van der Waals surface area contributed by atoms with Crippen molar-refractivity contribution in [3.05, 3.63) is 48.5 Å². The number of hydrogen-bond acceptors (Lipinski definition) is 5. The second-order valence-electron chi connectivity index (χ2n) is 5.42. The molecule has 1 heterocycles. The van der Waals surface area contributed by atoms with E-state index in [9.17, 15) is 13.2 Å². The fraction of sp³-hybridized carbons (Fsp3) is 0.235. The highest BCUT2D eigenvalue weighted by atomic mass is 32.2. The van der Waals surface area contributed by atoms with E-state index < -0.39 is 10.0 Å². The maximum absolute atomic E-state index is 12.4. The number of nitrogens with zero attached hydrogens (tertiary/aromatic N) is 1. The number of nitrogens with one attached hydrogen (secondary N) is 1. The minimum absolute atomic E-state index is 0.0803. The zero-order valence-electron chi connectivity index (χ0n) is 13.6. The first-order chi connectivity index (χ1) is 12.0. The summed E-state index contributed by atoms with van der Waals surface area (Å²) >= 11 is 0. The number of rotatable bonds is 6. The monoisotopic (exact) mass is 362 g/mol. The normalized spacial score (nSPS) is 12.8. The van der Waals surface area contributed by atoms with Crippen LogP contribution in [0, 0.1) is 0 Å². The Kier molecular flexibility index (Phi) is 4.91. The summed E-state index contributed by atoms with van der Waals surface area (Å²) in [5, 5.41) is 0. The van der Waals surface area contributed by atoms with Gasteiger partial charge in [0.05, 0.1) is 4.90 Å². The lowest BCUT2D eigenvalue weighted by molar-refractivity contribution is -0.116. The van der Waals surface area contributed by atoms with Crippen molar-refractivity contribution in [2.45, 2.75) is 11.8 Å². The number of para-hydroxylation sites is 1. The first kappa shape index (κ1) is 17.2. The third-order valence-electron chi connectivity index (χ3n) is 3.73. The second-order valence-corrected chi connectivity index (χ2v) is 7.19. The molecule has 1 aliphatic rings. The van der Waals surface area contributed by atoms with E-state index in [4.69, 9.17) is 9.47 Å². The summed E-state index contributed by atoms with van der Waals surface area (Å²) in [7, 11) is -3.71. The van der Waals surface area contributed by atoms with E-state index >= 15 is 0 Å². The van der Waals surface area contributed by atoms with Gasteiger partial charge in [0.2, 0.25) is 22.7 Å². The Morgan fingerprint density at radius 1 is 1.12 bits per heavy atom. The molecule has 0 atom stereocenters. The van der Waals surface area contributed by atoms with Crippen LogP contribution in [0.5, 0.6) is 11.5 Å². The summed E-state index contributed by atoms with van der Waals surface area (Å²) in [6, 6.07) is 13.5. The van der Waals surface area contributed by atoms with E-state index in [2.05, 4.69) is 4.72 Å². The minimum Gasteiger partial charge on any atom is -0.454 e. The number of amides is 1. The van der Waals surface area contributed by atoms with E-state index in [0.717, 1.165) is 5.69 Å². The topological polar surface area (TPSA) is 84.9 Å². The molecule has 1 N–H and O–H groups in total. The van der Waals surface area contributed by atoms with Crippen LogP contribution in [-0.2, 0) is 14.8 Å². The molecule has 7 nitrogen and oxygen atoms in total. The van der Waals surface area contributed by atoms with Crippen LogP contribution < -0.4 is 19.1 Å². The molecule has 8 heteroatoms. The Bertz CT molecular complexity index is 868. The highest BCUT2D eigenvalue weighted by Crippen LogP contribution is 2.33. The molecule has 2 aromatic carbocycles. The molecule has 0 radical (unpaired) electrons. The molecular weight excluding hydrogens is 344 g/mol. The van der Waals surface area contributed by atoms with E-state index in [1.165, 1.54) is 24.0 Å². The van der Waals surface area contributed by atoms with Crippen LogP contribution in [0.4, 0.5) is 5.69 Å². The molecule has 1 aliphatic heterocycles. The number of ether oxygens (including phenoxy) is 2. The van der Waals surface area contributed by atoms with Crippen LogP contribution in [0.25, 0.3) is 0 Å². The average Bonchev–Trinajstić information content (AvgIpc) is 3.07. The van der Waals surface area contributed by atoms with Gasteiger partial charge < -0.3 is 14.4 Å². The van der Waals surface area contributed by atoms with Gasteiger partial charge >= 0.3 is 0 Å². The van der Waals surface area contributed by atoms with Crippen LogP contribution in [0.2, 0.25) is 0 Å². The molecule has 3 rings (SSSR count). The van der Waals surface area contributed by atoms with Crippen LogP contribution in [0.1, 0.15) is 6.92 Å². The number of anilines is 1. The summed E-state index contributed by atoms with van der Waals surface area (Å²) in [5.41, 5.74) is 0.720. The fourth-order valence-corrected chi connectivity index (χ4v) is 3.53. The third kappa shape index (κ3) is 3.92. The lowest BCUT2D eigenvalue weighted by Gasteiger charge is -2.21. The molecule has 0 saturated heterocycles. The SMILES string of the molecule is CC(=O)N(CCNS(=O)(=O)c1ccc2c(c1)OCO2)c1ccccc1. The number of sulfonamides is 1. The van der Waals surface area contributed by atoms with Gasteiger partial charge in [-0.1, -0.05) is 18.2 Å². The van der Waals surface area contributed by atoms with Gasteiger partial charge in [0, 0.05) is 31.8 Å². The summed E-state index contributed by atoms with van der Waals surface area (Å²) in [6.45, 7) is 1.84. The molecule has 25 heavy (non-hydrogen) atoms. The lowest BCUT2D eigenvalue weighted by Crippen LogP contribution is -2.37. The van der Waals surface area contributed by atoms with Crippen LogP contribution in [0.15, 0.2) is 53.4 Å². The fourth-order valence-electron chi connectivity index (χ4n) is 2.50. The van der Waals surface area contributed by atoms with Crippen molar-refractivity contribution in [3.8, 4) is 11.5 Å². The molecule has 2 aromatic rings. The van der Waals surface area contributed by atoms with E-state index in [-0.39, 0.29) is 30.7 Å². The maximum atomic E-state index is 12.4. The molecule has 0 bridgehead atoms. The molecule has 0 unspecified atom stereocenters. The van der Waals surface area contributed by atoms with Gasteiger partial charge in [0.1, 0.15) is 0 Å². The average molecular weight is 362 g/mol. The molecular formula is C17H18N2O5S. The first-order valence-electron chi connectivity index (χ1n) is 7.70. The Balaban J connectivity index is 1.66. The van der Waals surface area contributed by atoms with E-state index in [1.807, 2.05) is 18.2 Å². The van der Waals surface area contributed by atoms with Gasteiger partial charge in [-0.2, -0.15) is 0 Å². The van der Waals surface area contributed by atoms with Gasteiger partial charge in [0.15, 0.2) is 11.5 Å². The molecule has 0 spiro atoms. The smallest absolute Gasteiger partial charge is 0.240 e.